The Morgan fingerprint density at radius 2 is 1.82 bits per heavy atom. The second-order valence-electron chi connectivity index (χ2n) is 5.67. The van der Waals surface area contributed by atoms with Gasteiger partial charge in [0.1, 0.15) is 5.52 Å². The molecule has 4 rings (SSSR count). The van der Waals surface area contributed by atoms with Gasteiger partial charge in [0.05, 0.1) is 11.6 Å². The summed E-state index contributed by atoms with van der Waals surface area (Å²) in [6.07, 6.45) is 7.64. The average molecular weight is 286 g/mol. The van der Waals surface area contributed by atoms with Crippen LogP contribution in [0.4, 0.5) is 0 Å². The van der Waals surface area contributed by atoms with E-state index in [0.29, 0.717) is 0 Å². The lowest BCUT2D eigenvalue weighted by molar-refractivity contribution is -0.566. The van der Waals surface area contributed by atoms with Gasteiger partial charge in [0, 0.05) is 29.9 Å². The zero-order chi connectivity index (χ0) is 15.1. The summed E-state index contributed by atoms with van der Waals surface area (Å²) < 4.78 is 2.21. The first-order valence-corrected chi connectivity index (χ1v) is 7.34. The van der Waals surface area contributed by atoms with Gasteiger partial charge in [-0.3, -0.25) is 4.98 Å². The van der Waals surface area contributed by atoms with Crippen LogP contribution < -0.4 is 4.57 Å². The Hall–Kier alpha value is -2.81. The lowest BCUT2D eigenvalue weighted by Gasteiger charge is -2.05. The summed E-state index contributed by atoms with van der Waals surface area (Å²) in [6, 6.07) is 12.8. The second kappa shape index (κ2) is 4.88. The monoisotopic (exact) mass is 286 g/mol. The molecule has 3 nitrogen and oxygen atoms in total. The van der Waals surface area contributed by atoms with Gasteiger partial charge in [-0.2, -0.15) is 4.57 Å². The molecule has 0 atom stereocenters. The van der Waals surface area contributed by atoms with E-state index in [9.17, 15) is 0 Å². The van der Waals surface area contributed by atoms with Crippen molar-refractivity contribution in [3.05, 3.63) is 72.3 Å². The maximum atomic E-state index is 4.50. The second-order valence-corrected chi connectivity index (χ2v) is 5.67. The third kappa shape index (κ3) is 2.02. The molecule has 0 fully saturated rings. The molecule has 2 heterocycles. The van der Waals surface area contributed by atoms with Gasteiger partial charge < -0.3 is 0 Å². The molecule has 0 spiro atoms. The van der Waals surface area contributed by atoms with Crippen LogP contribution in [0.2, 0.25) is 0 Å². The van der Waals surface area contributed by atoms with Crippen molar-refractivity contribution < 1.29 is 4.57 Å². The van der Waals surface area contributed by atoms with Crippen LogP contribution in [-0.2, 0) is 0 Å². The SMILES string of the molecule is Cc1cc(-[n+]2ccnc3cc(C)ccc32)c2ccncc2c1. The van der Waals surface area contributed by atoms with Gasteiger partial charge in [0.25, 0.3) is 0 Å². The van der Waals surface area contributed by atoms with Gasteiger partial charge in [0.15, 0.2) is 6.20 Å². The van der Waals surface area contributed by atoms with Crippen LogP contribution in [0.5, 0.6) is 0 Å². The van der Waals surface area contributed by atoms with Crippen LogP contribution in [0.25, 0.3) is 27.5 Å². The molecule has 2 aromatic heterocycles. The molecule has 106 valence electrons. The molecular formula is C19H16N3+. The fraction of sp³-hybridized carbons (Fsp3) is 0.105. The van der Waals surface area contributed by atoms with Crippen molar-refractivity contribution in [3.63, 3.8) is 0 Å². The highest BCUT2D eigenvalue weighted by Crippen LogP contribution is 2.21. The summed E-state index contributed by atoms with van der Waals surface area (Å²) in [5.74, 6) is 0. The molecule has 0 bridgehead atoms. The van der Waals surface area contributed by atoms with Gasteiger partial charge in [-0.1, -0.05) is 6.07 Å². The summed E-state index contributed by atoms with van der Waals surface area (Å²) >= 11 is 0. The third-order valence-corrected chi connectivity index (χ3v) is 3.95. The van der Waals surface area contributed by atoms with Crippen LogP contribution in [-0.4, -0.2) is 9.97 Å². The van der Waals surface area contributed by atoms with Crippen molar-refractivity contribution >= 4 is 21.8 Å². The fourth-order valence-electron chi connectivity index (χ4n) is 2.95. The quantitative estimate of drug-likeness (QED) is 0.500. The highest BCUT2D eigenvalue weighted by molar-refractivity contribution is 5.89. The maximum absolute atomic E-state index is 4.50. The number of aromatic nitrogens is 3. The lowest BCUT2D eigenvalue weighted by Crippen LogP contribution is -2.31. The van der Waals surface area contributed by atoms with E-state index in [1.807, 2.05) is 24.8 Å². The van der Waals surface area contributed by atoms with Gasteiger partial charge >= 0.3 is 0 Å². The minimum Gasteiger partial charge on any atom is -0.264 e. The van der Waals surface area contributed by atoms with Crippen LogP contribution in [0.1, 0.15) is 11.1 Å². The van der Waals surface area contributed by atoms with E-state index in [1.165, 1.54) is 16.5 Å². The Kier molecular flexibility index (Phi) is 2.86. The molecule has 0 N–H and O–H groups in total. The van der Waals surface area contributed by atoms with Crippen molar-refractivity contribution in [3.8, 4) is 5.69 Å². The molecule has 0 aliphatic carbocycles. The van der Waals surface area contributed by atoms with E-state index in [-0.39, 0.29) is 0 Å². The Labute approximate surface area is 128 Å². The van der Waals surface area contributed by atoms with Gasteiger partial charge in [-0.25, -0.2) is 4.98 Å². The zero-order valence-electron chi connectivity index (χ0n) is 12.6. The molecule has 0 unspecified atom stereocenters. The summed E-state index contributed by atoms with van der Waals surface area (Å²) in [5.41, 5.74) is 5.72. The number of hydrogen-bond donors (Lipinski definition) is 0. The van der Waals surface area contributed by atoms with Crippen molar-refractivity contribution in [2.24, 2.45) is 0 Å². The van der Waals surface area contributed by atoms with Crippen LogP contribution >= 0.6 is 0 Å². The summed E-state index contributed by atoms with van der Waals surface area (Å²) in [5, 5.41) is 2.35. The van der Waals surface area contributed by atoms with E-state index >= 15 is 0 Å². The molecule has 2 aromatic carbocycles. The maximum Gasteiger partial charge on any atom is 0.237 e. The number of nitrogens with zero attached hydrogens (tertiary/aromatic N) is 3. The smallest absolute Gasteiger partial charge is 0.237 e. The normalized spacial score (nSPS) is 11.2. The minimum absolute atomic E-state index is 1.01. The van der Waals surface area contributed by atoms with E-state index in [1.54, 1.807) is 0 Å². The number of fused-ring (bicyclic) bond motifs is 2. The number of hydrogen-bond acceptors (Lipinski definition) is 2. The topological polar surface area (TPSA) is 29.7 Å². The Bertz CT molecular complexity index is 1010. The molecule has 0 amide bonds. The molecule has 3 heteroatoms. The highest BCUT2D eigenvalue weighted by Gasteiger charge is 2.16. The predicted molar refractivity (Wildman–Crippen MR) is 88.1 cm³/mol. The Balaban J connectivity index is 2.12. The molecule has 0 aliphatic heterocycles. The first-order valence-electron chi connectivity index (χ1n) is 7.34. The fourth-order valence-corrected chi connectivity index (χ4v) is 2.95. The van der Waals surface area contributed by atoms with Crippen LogP contribution in [0, 0.1) is 13.8 Å². The average Bonchev–Trinajstić information content (AvgIpc) is 2.53. The molecule has 0 saturated heterocycles. The first kappa shape index (κ1) is 12.9. The molecule has 0 saturated carbocycles. The standard InChI is InChI=1S/C19H16N3/c1-13-3-4-18-17(10-13)21-7-8-22(18)19-11-14(2)9-15-12-20-6-5-16(15)19/h3-12H,1-2H3/q+1. The van der Waals surface area contributed by atoms with E-state index in [0.717, 1.165) is 22.1 Å². The zero-order valence-corrected chi connectivity index (χ0v) is 12.6. The Morgan fingerprint density at radius 3 is 2.73 bits per heavy atom. The largest absolute Gasteiger partial charge is 0.264 e. The molecule has 22 heavy (non-hydrogen) atoms. The molecular weight excluding hydrogens is 270 g/mol. The highest BCUT2D eigenvalue weighted by atomic mass is 15.0. The molecule has 0 radical (unpaired) electrons. The molecule has 4 aromatic rings. The van der Waals surface area contributed by atoms with Crippen molar-refractivity contribution in [1.82, 2.24) is 9.97 Å². The number of rotatable bonds is 1. The van der Waals surface area contributed by atoms with Gasteiger partial charge in [-0.15, -0.1) is 0 Å². The van der Waals surface area contributed by atoms with Crippen molar-refractivity contribution in [1.29, 1.82) is 0 Å². The van der Waals surface area contributed by atoms with Crippen molar-refractivity contribution in [2.75, 3.05) is 0 Å². The van der Waals surface area contributed by atoms with Gasteiger partial charge in [0.2, 0.25) is 11.2 Å². The summed E-state index contributed by atoms with van der Waals surface area (Å²) in [7, 11) is 0. The number of pyridine rings is 1. The first-order chi connectivity index (χ1) is 10.7. The minimum atomic E-state index is 1.01. The number of aryl methyl sites for hydroxylation is 2. The van der Waals surface area contributed by atoms with Crippen molar-refractivity contribution in [2.45, 2.75) is 13.8 Å². The number of benzene rings is 2. The predicted octanol–water partition coefficient (Wildman–Crippen LogP) is 3.68. The van der Waals surface area contributed by atoms with E-state index in [2.05, 4.69) is 64.8 Å². The van der Waals surface area contributed by atoms with Crippen LogP contribution in [0.15, 0.2) is 61.2 Å². The molecule has 0 aliphatic rings. The van der Waals surface area contributed by atoms with Gasteiger partial charge in [-0.05, 0) is 43.2 Å². The summed E-state index contributed by atoms with van der Waals surface area (Å²) in [4.78, 5) is 8.74. The lowest BCUT2D eigenvalue weighted by atomic mass is 10.1. The van der Waals surface area contributed by atoms with E-state index < -0.39 is 0 Å². The summed E-state index contributed by atoms with van der Waals surface area (Å²) in [6.45, 7) is 4.20. The van der Waals surface area contributed by atoms with E-state index in [4.69, 9.17) is 0 Å². The third-order valence-electron chi connectivity index (χ3n) is 3.95. The van der Waals surface area contributed by atoms with Crippen LogP contribution in [0.3, 0.4) is 0 Å². The Morgan fingerprint density at radius 1 is 0.909 bits per heavy atom.